The Morgan fingerprint density at radius 3 is 2.60 bits per heavy atom. The lowest BCUT2D eigenvalue weighted by molar-refractivity contribution is 0.0896. The first-order valence-electron chi connectivity index (χ1n) is 8.07. The normalized spacial score (nSPS) is 15.0. The molecule has 1 saturated heterocycles. The SMILES string of the molecule is COC(=O)N1CCC(NC(=O)c2ccc(-c3ccccc3F)s2)CC1. The van der Waals surface area contributed by atoms with Crippen LogP contribution in [0.3, 0.4) is 0 Å². The molecule has 0 saturated carbocycles. The van der Waals surface area contributed by atoms with Gasteiger partial charge in [-0.1, -0.05) is 18.2 Å². The Balaban J connectivity index is 1.60. The first-order valence-corrected chi connectivity index (χ1v) is 8.88. The van der Waals surface area contributed by atoms with Crippen molar-refractivity contribution < 1.29 is 18.7 Å². The average molecular weight is 362 g/mol. The fourth-order valence-electron chi connectivity index (χ4n) is 2.86. The maximum absolute atomic E-state index is 13.9. The van der Waals surface area contributed by atoms with Crippen molar-refractivity contribution in [1.82, 2.24) is 10.2 Å². The fraction of sp³-hybridized carbons (Fsp3) is 0.333. The molecule has 25 heavy (non-hydrogen) atoms. The molecule has 1 aliphatic rings. The minimum atomic E-state index is -0.336. The molecule has 1 fully saturated rings. The van der Waals surface area contributed by atoms with Crippen LogP contribution in [0.5, 0.6) is 0 Å². The molecule has 2 heterocycles. The summed E-state index contributed by atoms with van der Waals surface area (Å²) in [7, 11) is 1.36. The first kappa shape index (κ1) is 17.4. The number of hydrogen-bond donors (Lipinski definition) is 1. The molecule has 0 spiro atoms. The number of carbonyl (C=O) groups is 2. The van der Waals surface area contributed by atoms with Gasteiger partial charge in [0.2, 0.25) is 0 Å². The topological polar surface area (TPSA) is 58.6 Å². The molecular formula is C18H19FN2O3S. The number of benzene rings is 1. The average Bonchev–Trinajstić information content (AvgIpc) is 3.12. The Kier molecular flexibility index (Phi) is 5.33. The van der Waals surface area contributed by atoms with Crippen molar-refractivity contribution in [1.29, 1.82) is 0 Å². The molecule has 1 aromatic carbocycles. The summed E-state index contributed by atoms with van der Waals surface area (Å²) in [5, 5.41) is 2.99. The lowest BCUT2D eigenvalue weighted by atomic mass is 10.1. The van der Waals surface area contributed by atoms with Gasteiger partial charge in [-0.15, -0.1) is 11.3 Å². The second-order valence-corrected chi connectivity index (χ2v) is 6.93. The number of rotatable bonds is 3. The number of amides is 2. The minimum absolute atomic E-state index is 0.0208. The van der Waals surface area contributed by atoms with Crippen LogP contribution in [0.15, 0.2) is 36.4 Å². The summed E-state index contributed by atoms with van der Waals surface area (Å²) in [6, 6.07) is 10.0. The van der Waals surface area contributed by atoms with Crippen LogP contribution in [-0.2, 0) is 4.74 Å². The highest BCUT2D eigenvalue weighted by molar-refractivity contribution is 7.17. The summed E-state index contributed by atoms with van der Waals surface area (Å²) in [5.74, 6) is -0.462. The van der Waals surface area contributed by atoms with E-state index in [0.29, 0.717) is 36.4 Å². The second-order valence-electron chi connectivity index (χ2n) is 5.85. The van der Waals surface area contributed by atoms with Crippen molar-refractivity contribution in [2.24, 2.45) is 0 Å². The Labute approximate surface area is 149 Å². The van der Waals surface area contributed by atoms with Crippen LogP contribution in [0, 0.1) is 5.82 Å². The zero-order chi connectivity index (χ0) is 17.8. The Hall–Kier alpha value is -2.41. The summed E-state index contributed by atoms with van der Waals surface area (Å²) >= 11 is 1.27. The molecule has 0 atom stereocenters. The van der Waals surface area contributed by atoms with Crippen LogP contribution in [0.4, 0.5) is 9.18 Å². The van der Waals surface area contributed by atoms with Crippen LogP contribution in [0.2, 0.25) is 0 Å². The van der Waals surface area contributed by atoms with Crippen molar-refractivity contribution in [3.05, 3.63) is 47.1 Å². The van der Waals surface area contributed by atoms with Gasteiger partial charge in [0.15, 0.2) is 0 Å². The number of nitrogens with zero attached hydrogens (tertiary/aromatic N) is 1. The third-order valence-electron chi connectivity index (χ3n) is 4.23. The van der Waals surface area contributed by atoms with E-state index in [9.17, 15) is 14.0 Å². The number of methoxy groups -OCH3 is 1. The smallest absolute Gasteiger partial charge is 0.409 e. The van der Waals surface area contributed by atoms with E-state index in [4.69, 9.17) is 4.74 Å². The summed E-state index contributed by atoms with van der Waals surface area (Å²) in [5.41, 5.74) is 0.498. The van der Waals surface area contributed by atoms with Crippen molar-refractivity contribution in [3.63, 3.8) is 0 Å². The molecule has 0 bridgehead atoms. The number of carbonyl (C=O) groups excluding carboxylic acids is 2. The predicted octanol–water partition coefficient (Wildman–Crippen LogP) is 3.51. The highest BCUT2D eigenvalue weighted by Crippen LogP contribution is 2.30. The van der Waals surface area contributed by atoms with Crippen LogP contribution in [0.1, 0.15) is 22.5 Å². The van der Waals surface area contributed by atoms with Gasteiger partial charge >= 0.3 is 6.09 Å². The summed E-state index contributed by atoms with van der Waals surface area (Å²) < 4.78 is 18.6. The van der Waals surface area contributed by atoms with Crippen molar-refractivity contribution >= 4 is 23.3 Å². The predicted molar refractivity (Wildman–Crippen MR) is 94.2 cm³/mol. The Morgan fingerprint density at radius 2 is 1.92 bits per heavy atom. The largest absolute Gasteiger partial charge is 0.453 e. The van der Waals surface area contributed by atoms with Gasteiger partial charge in [0.05, 0.1) is 12.0 Å². The highest BCUT2D eigenvalue weighted by atomic mass is 32.1. The lowest BCUT2D eigenvalue weighted by Gasteiger charge is -2.31. The van der Waals surface area contributed by atoms with Crippen LogP contribution >= 0.6 is 11.3 Å². The quantitative estimate of drug-likeness (QED) is 0.909. The highest BCUT2D eigenvalue weighted by Gasteiger charge is 2.25. The van der Waals surface area contributed by atoms with Crippen LogP contribution in [-0.4, -0.2) is 43.1 Å². The third-order valence-corrected chi connectivity index (χ3v) is 5.35. The molecular weight excluding hydrogens is 343 g/mol. The zero-order valence-corrected chi connectivity index (χ0v) is 14.6. The summed E-state index contributed by atoms with van der Waals surface area (Å²) in [6.45, 7) is 1.12. The van der Waals surface area contributed by atoms with Crippen molar-refractivity contribution in [2.75, 3.05) is 20.2 Å². The number of nitrogens with one attached hydrogen (secondary N) is 1. The first-order chi connectivity index (χ1) is 12.1. The zero-order valence-electron chi connectivity index (χ0n) is 13.8. The monoisotopic (exact) mass is 362 g/mol. The van der Waals surface area contributed by atoms with Crippen molar-refractivity contribution in [3.8, 4) is 10.4 Å². The minimum Gasteiger partial charge on any atom is -0.453 e. The molecule has 2 aromatic rings. The number of likely N-dealkylation sites (tertiary alicyclic amines) is 1. The fourth-order valence-corrected chi connectivity index (χ4v) is 3.79. The van der Waals surface area contributed by atoms with E-state index in [1.807, 2.05) is 0 Å². The maximum Gasteiger partial charge on any atom is 0.409 e. The van der Waals surface area contributed by atoms with Crippen molar-refractivity contribution in [2.45, 2.75) is 18.9 Å². The number of hydrogen-bond acceptors (Lipinski definition) is 4. The van der Waals surface area contributed by atoms with Gasteiger partial charge < -0.3 is 15.0 Å². The van der Waals surface area contributed by atoms with Gasteiger partial charge in [0, 0.05) is 29.6 Å². The van der Waals surface area contributed by atoms with E-state index >= 15 is 0 Å². The van der Waals surface area contributed by atoms with E-state index in [1.165, 1.54) is 24.5 Å². The second kappa shape index (κ2) is 7.65. The number of halogens is 1. The van der Waals surface area contributed by atoms with Gasteiger partial charge in [0.1, 0.15) is 5.82 Å². The number of ether oxygens (including phenoxy) is 1. The Morgan fingerprint density at radius 1 is 1.20 bits per heavy atom. The third kappa shape index (κ3) is 3.99. The number of piperidine rings is 1. The van der Waals surface area contributed by atoms with Crippen LogP contribution in [0.25, 0.3) is 10.4 Å². The molecule has 1 aromatic heterocycles. The number of thiophene rings is 1. The molecule has 2 amide bonds. The van der Waals surface area contributed by atoms with E-state index < -0.39 is 0 Å². The molecule has 132 valence electrons. The van der Waals surface area contributed by atoms with Gasteiger partial charge in [-0.3, -0.25) is 4.79 Å². The maximum atomic E-state index is 13.9. The molecule has 0 radical (unpaired) electrons. The van der Waals surface area contributed by atoms with E-state index in [1.54, 1.807) is 35.2 Å². The van der Waals surface area contributed by atoms with Gasteiger partial charge in [0.25, 0.3) is 5.91 Å². The van der Waals surface area contributed by atoms with Gasteiger partial charge in [-0.2, -0.15) is 0 Å². The molecule has 1 aliphatic heterocycles. The summed E-state index contributed by atoms with van der Waals surface area (Å²) in [4.78, 5) is 26.8. The Bertz CT molecular complexity index is 769. The van der Waals surface area contributed by atoms with E-state index in [-0.39, 0.29) is 23.9 Å². The molecule has 3 rings (SSSR count). The van der Waals surface area contributed by atoms with E-state index in [0.717, 1.165) is 4.88 Å². The standard InChI is InChI=1S/C18H19FN2O3S/c1-24-18(23)21-10-8-12(9-11-21)20-17(22)16-7-6-15(25-16)13-4-2-3-5-14(13)19/h2-7,12H,8-11H2,1H3,(H,20,22). The van der Waals surface area contributed by atoms with Crippen LogP contribution < -0.4 is 5.32 Å². The summed E-state index contributed by atoms with van der Waals surface area (Å²) in [6.07, 6.45) is 1.04. The molecule has 1 N–H and O–H groups in total. The molecule has 0 aliphatic carbocycles. The van der Waals surface area contributed by atoms with Gasteiger partial charge in [-0.25, -0.2) is 9.18 Å². The lowest BCUT2D eigenvalue weighted by Crippen LogP contribution is -2.46. The molecule has 7 heteroatoms. The molecule has 0 unspecified atom stereocenters. The van der Waals surface area contributed by atoms with Gasteiger partial charge in [-0.05, 0) is 31.0 Å². The molecule has 5 nitrogen and oxygen atoms in total. The van der Waals surface area contributed by atoms with E-state index in [2.05, 4.69) is 5.32 Å².